The number of nitrogens with one attached hydrogen (secondary N) is 1. The number of carbonyl (C=O) groups excluding carboxylic acids is 1. The second kappa shape index (κ2) is 6.71. The number of hydrogen-bond acceptors (Lipinski definition) is 4. The van der Waals surface area contributed by atoms with Crippen molar-refractivity contribution in [1.29, 1.82) is 0 Å². The smallest absolute Gasteiger partial charge is 0.239 e. The molecular weight excluding hydrogens is 311 g/mol. The lowest BCUT2D eigenvalue weighted by atomic mass is 10.3. The Hall–Kier alpha value is -2.19. The van der Waals surface area contributed by atoms with Crippen LogP contribution >= 0.6 is 0 Å². The van der Waals surface area contributed by atoms with E-state index in [0.717, 1.165) is 16.6 Å². The largest absolute Gasteiger partial charge is 0.468 e. The molecule has 22 heavy (non-hydrogen) atoms. The highest BCUT2D eigenvalue weighted by molar-refractivity contribution is 7.88. The van der Waals surface area contributed by atoms with Crippen LogP contribution in [0.2, 0.25) is 0 Å². The van der Waals surface area contributed by atoms with Crippen molar-refractivity contribution in [3.05, 3.63) is 54.2 Å². The summed E-state index contributed by atoms with van der Waals surface area (Å²) in [6, 6.07) is 8.59. The maximum absolute atomic E-state index is 13.1. The number of carbonyl (C=O) groups is 1. The standard InChI is InChI=1S/C14H15FN2O4S/c1-22(19,20)17(9-13-6-3-7-21-13)10-14(18)16-12-5-2-4-11(15)8-12/h2-8H,9-10H2,1H3,(H,16,18). The number of nitrogens with zero attached hydrogens (tertiary/aromatic N) is 1. The van der Waals surface area contributed by atoms with Gasteiger partial charge in [-0.05, 0) is 30.3 Å². The summed E-state index contributed by atoms with van der Waals surface area (Å²) >= 11 is 0. The third-order valence-electron chi connectivity index (χ3n) is 2.81. The molecular formula is C14H15FN2O4S. The Balaban J connectivity index is 2.05. The van der Waals surface area contributed by atoms with Crippen molar-refractivity contribution in [1.82, 2.24) is 4.31 Å². The van der Waals surface area contributed by atoms with E-state index in [9.17, 15) is 17.6 Å². The van der Waals surface area contributed by atoms with E-state index in [4.69, 9.17) is 4.42 Å². The van der Waals surface area contributed by atoms with Crippen LogP contribution in [0.25, 0.3) is 0 Å². The van der Waals surface area contributed by atoms with Gasteiger partial charge >= 0.3 is 0 Å². The Bertz CT molecular complexity index is 744. The topological polar surface area (TPSA) is 79.6 Å². The van der Waals surface area contributed by atoms with Gasteiger partial charge in [-0.2, -0.15) is 4.31 Å². The summed E-state index contributed by atoms with van der Waals surface area (Å²) in [6.07, 6.45) is 2.42. The summed E-state index contributed by atoms with van der Waals surface area (Å²) in [5.74, 6) is -0.639. The van der Waals surface area contributed by atoms with Crippen LogP contribution in [0.5, 0.6) is 0 Å². The van der Waals surface area contributed by atoms with Gasteiger partial charge in [0.05, 0.1) is 25.6 Å². The van der Waals surface area contributed by atoms with E-state index in [1.54, 1.807) is 12.1 Å². The van der Waals surface area contributed by atoms with Crippen molar-refractivity contribution in [2.24, 2.45) is 0 Å². The molecule has 0 aliphatic carbocycles. The predicted molar refractivity (Wildman–Crippen MR) is 79.0 cm³/mol. The lowest BCUT2D eigenvalue weighted by Gasteiger charge is -2.18. The number of rotatable bonds is 6. The molecule has 0 unspecified atom stereocenters. The highest BCUT2D eigenvalue weighted by Crippen LogP contribution is 2.11. The molecule has 0 atom stereocenters. The minimum Gasteiger partial charge on any atom is -0.468 e. The Labute approximate surface area is 127 Å². The van der Waals surface area contributed by atoms with Crippen molar-refractivity contribution < 1.29 is 22.0 Å². The number of anilines is 1. The molecule has 1 N–H and O–H groups in total. The maximum atomic E-state index is 13.1. The van der Waals surface area contributed by atoms with Crippen molar-refractivity contribution in [2.75, 3.05) is 18.1 Å². The van der Waals surface area contributed by atoms with E-state index in [2.05, 4.69) is 5.32 Å². The molecule has 1 aromatic heterocycles. The van der Waals surface area contributed by atoms with Gasteiger partial charge in [0.1, 0.15) is 11.6 Å². The van der Waals surface area contributed by atoms with Crippen molar-refractivity contribution >= 4 is 21.6 Å². The number of amides is 1. The molecule has 0 radical (unpaired) electrons. The molecule has 6 nitrogen and oxygen atoms in total. The molecule has 1 aromatic carbocycles. The Morgan fingerprint density at radius 1 is 1.32 bits per heavy atom. The van der Waals surface area contributed by atoms with Crippen LogP contribution in [0.1, 0.15) is 5.76 Å². The summed E-state index contributed by atoms with van der Waals surface area (Å²) in [4.78, 5) is 11.9. The van der Waals surface area contributed by atoms with E-state index in [-0.39, 0.29) is 12.2 Å². The third kappa shape index (κ3) is 4.68. The quantitative estimate of drug-likeness (QED) is 0.878. The Kier molecular flexibility index (Phi) is 4.94. The molecule has 0 fully saturated rings. The van der Waals surface area contributed by atoms with Crippen molar-refractivity contribution in [3.8, 4) is 0 Å². The zero-order chi connectivity index (χ0) is 16.2. The number of benzene rings is 1. The summed E-state index contributed by atoms with van der Waals surface area (Å²) in [7, 11) is -3.60. The Morgan fingerprint density at radius 2 is 2.09 bits per heavy atom. The number of hydrogen-bond donors (Lipinski definition) is 1. The van der Waals surface area contributed by atoms with Crippen LogP contribution in [0.3, 0.4) is 0 Å². The second-order valence-corrected chi connectivity index (χ2v) is 6.65. The van der Waals surface area contributed by atoms with Gasteiger partial charge in [-0.3, -0.25) is 4.79 Å². The number of furan rings is 1. The van der Waals surface area contributed by atoms with Gasteiger partial charge in [0.2, 0.25) is 15.9 Å². The van der Waals surface area contributed by atoms with Crippen LogP contribution in [-0.4, -0.2) is 31.4 Å². The fourth-order valence-electron chi connectivity index (χ4n) is 1.79. The first-order chi connectivity index (χ1) is 10.3. The van der Waals surface area contributed by atoms with Gasteiger partial charge in [0.15, 0.2) is 0 Å². The van der Waals surface area contributed by atoms with Gasteiger partial charge in [-0.1, -0.05) is 6.07 Å². The third-order valence-corrected chi connectivity index (χ3v) is 4.01. The fraction of sp³-hybridized carbons (Fsp3) is 0.214. The first-order valence-electron chi connectivity index (χ1n) is 6.37. The predicted octanol–water partition coefficient (Wildman–Crippen LogP) is 1.82. The lowest BCUT2D eigenvalue weighted by molar-refractivity contribution is -0.116. The van der Waals surface area contributed by atoms with E-state index in [1.807, 2.05) is 0 Å². The minimum absolute atomic E-state index is 0.0532. The molecule has 0 aliphatic rings. The number of sulfonamides is 1. The van der Waals surface area contributed by atoms with Crippen LogP contribution in [0.15, 0.2) is 47.1 Å². The lowest BCUT2D eigenvalue weighted by Crippen LogP contribution is -2.36. The Morgan fingerprint density at radius 3 is 2.68 bits per heavy atom. The van der Waals surface area contributed by atoms with Crippen molar-refractivity contribution in [3.63, 3.8) is 0 Å². The highest BCUT2D eigenvalue weighted by atomic mass is 32.2. The summed E-state index contributed by atoms with van der Waals surface area (Å²) < 4.78 is 42.6. The molecule has 0 bridgehead atoms. The van der Waals surface area contributed by atoms with Crippen LogP contribution in [0.4, 0.5) is 10.1 Å². The monoisotopic (exact) mass is 326 g/mol. The number of halogens is 1. The van der Waals surface area contributed by atoms with Gasteiger partial charge in [-0.15, -0.1) is 0 Å². The van der Waals surface area contributed by atoms with Crippen LogP contribution in [-0.2, 0) is 21.4 Å². The zero-order valence-electron chi connectivity index (χ0n) is 11.8. The van der Waals surface area contributed by atoms with E-state index >= 15 is 0 Å². The summed E-state index contributed by atoms with van der Waals surface area (Å²) in [5, 5.41) is 2.45. The highest BCUT2D eigenvalue weighted by Gasteiger charge is 2.21. The average molecular weight is 326 g/mol. The fourth-order valence-corrected chi connectivity index (χ4v) is 2.51. The average Bonchev–Trinajstić information content (AvgIpc) is 2.89. The van der Waals surface area contributed by atoms with Gasteiger partial charge in [-0.25, -0.2) is 12.8 Å². The molecule has 2 aromatic rings. The van der Waals surface area contributed by atoms with E-state index < -0.39 is 28.3 Å². The molecule has 0 saturated heterocycles. The van der Waals surface area contributed by atoms with Crippen LogP contribution in [0, 0.1) is 5.82 Å². The summed E-state index contributed by atoms with van der Waals surface area (Å²) in [6.45, 7) is -0.446. The first kappa shape index (κ1) is 16.2. The molecule has 1 heterocycles. The minimum atomic E-state index is -3.60. The molecule has 0 aliphatic heterocycles. The van der Waals surface area contributed by atoms with Gasteiger partial charge in [0.25, 0.3) is 0 Å². The van der Waals surface area contributed by atoms with Gasteiger partial charge in [0, 0.05) is 5.69 Å². The molecule has 118 valence electrons. The molecule has 1 amide bonds. The van der Waals surface area contributed by atoms with Gasteiger partial charge < -0.3 is 9.73 Å². The van der Waals surface area contributed by atoms with Crippen LogP contribution < -0.4 is 5.32 Å². The maximum Gasteiger partial charge on any atom is 0.239 e. The van der Waals surface area contributed by atoms with E-state index in [1.165, 1.54) is 24.5 Å². The second-order valence-electron chi connectivity index (χ2n) is 4.67. The molecule has 8 heteroatoms. The summed E-state index contributed by atoms with van der Waals surface area (Å²) in [5.41, 5.74) is 0.261. The normalized spacial score (nSPS) is 11.6. The molecule has 0 spiro atoms. The molecule has 2 rings (SSSR count). The molecule has 0 saturated carbocycles. The first-order valence-corrected chi connectivity index (χ1v) is 8.22. The SMILES string of the molecule is CS(=O)(=O)N(CC(=O)Nc1cccc(F)c1)Cc1ccco1. The van der Waals surface area contributed by atoms with Crippen molar-refractivity contribution in [2.45, 2.75) is 6.54 Å². The zero-order valence-corrected chi connectivity index (χ0v) is 12.6. The van der Waals surface area contributed by atoms with E-state index in [0.29, 0.717) is 5.76 Å².